The number of carbonyl (C=O) groups is 1. The van der Waals surface area contributed by atoms with E-state index in [0.717, 1.165) is 0 Å². The van der Waals surface area contributed by atoms with Gasteiger partial charge in [0.25, 0.3) is 0 Å². The molecule has 0 unspecified atom stereocenters. The Balaban J connectivity index is 3.07. The summed E-state index contributed by atoms with van der Waals surface area (Å²) in [7, 11) is 1.53. The number of pyridine rings is 1. The van der Waals surface area contributed by atoms with Gasteiger partial charge in [0.2, 0.25) is 5.88 Å². The number of hydrogen-bond acceptors (Lipinski definition) is 6. The number of carbonyl (C=O) groups excluding carboxylic acids is 1. The third-order valence-electron chi connectivity index (χ3n) is 2.40. The second-order valence-electron chi connectivity index (χ2n) is 3.81. The Morgan fingerprint density at radius 1 is 1.50 bits per heavy atom. The summed E-state index contributed by atoms with van der Waals surface area (Å²) in [5, 5.41) is 9.25. The summed E-state index contributed by atoms with van der Waals surface area (Å²) in [6.45, 7) is 3.69. The van der Waals surface area contributed by atoms with Crippen molar-refractivity contribution >= 4 is 21.9 Å². The molecule has 1 aromatic rings. The third-order valence-corrected chi connectivity index (χ3v) is 3.45. The largest absolute Gasteiger partial charge is 0.465 e. The van der Waals surface area contributed by atoms with Crippen molar-refractivity contribution < 1.29 is 19.0 Å². The molecule has 0 aliphatic rings. The SMILES string of the molecule is CCOC(=O)COc1nc(C)c(Br)c(COC)c1C#N. The number of aromatic nitrogens is 1. The number of rotatable bonds is 6. The monoisotopic (exact) mass is 342 g/mol. The number of halogens is 1. The zero-order valence-electron chi connectivity index (χ0n) is 11.5. The van der Waals surface area contributed by atoms with Gasteiger partial charge in [0, 0.05) is 17.1 Å². The van der Waals surface area contributed by atoms with Gasteiger partial charge < -0.3 is 14.2 Å². The Morgan fingerprint density at radius 3 is 2.75 bits per heavy atom. The molecule has 0 aliphatic carbocycles. The maximum absolute atomic E-state index is 11.3. The molecule has 0 saturated carbocycles. The summed E-state index contributed by atoms with van der Waals surface area (Å²) < 4.78 is 15.8. The molecule has 7 heteroatoms. The topological polar surface area (TPSA) is 81.4 Å². The quantitative estimate of drug-likeness (QED) is 0.736. The van der Waals surface area contributed by atoms with Crippen LogP contribution < -0.4 is 4.74 Å². The summed E-state index contributed by atoms with van der Waals surface area (Å²) in [4.78, 5) is 15.5. The molecule has 108 valence electrons. The van der Waals surface area contributed by atoms with Crippen molar-refractivity contribution in [3.8, 4) is 11.9 Å². The van der Waals surface area contributed by atoms with Gasteiger partial charge in [-0.25, -0.2) is 9.78 Å². The molecule has 0 radical (unpaired) electrons. The number of aryl methyl sites for hydroxylation is 1. The van der Waals surface area contributed by atoms with Crippen LogP contribution >= 0.6 is 15.9 Å². The molecule has 0 atom stereocenters. The molecule has 1 heterocycles. The Bertz CT molecular complexity index is 540. The third kappa shape index (κ3) is 3.92. The lowest BCUT2D eigenvalue weighted by molar-refractivity contribution is -0.145. The first-order valence-electron chi connectivity index (χ1n) is 5.91. The first-order valence-corrected chi connectivity index (χ1v) is 6.70. The van der Waals surface area contributed by atoms with Gasteiger partial charge in [-0.3, -0.25) is 0 Å². The number of methoxy groups -OCH3 is 1. The number of ether oxygens (including phenoxy) is 3. The van der Waals surface area contributed by atoms with Crippen LogP contribution in [-0.4, -0.2) is 31.3 Å². The molecule has 0 amide bonds. The van der Waals surface area contributed by atoms with Crippen LogP contribution in [0.25, 0.3) is 0 Å². The standard InChI is InChI=1S/C13H15BrN2O4/c1-4-19-11(17)7-20-13-9(5-15)10(6-18-3)12(14)8(2)16-13/h4,6-7H2,1-3H3. The van der Waals surface area contributed by atoms with Crippen LogP contribution in [0.5, 0.6) is 5.88 Å². The molecule has 0 spiro atoms. The van der Waals surface area contributed by atoms with Gasteiger partial charge in [-0.2, -0.15) is 5.26 Å². The van der Waals surface area contributed by atoms with E-state index in [-0.39, 0.29) is 31.3 Å². The lowest BCUT2D eigenvalue weighted by Gasteiger charge is -2.13. The summed E-state index contributed by atoms with van der Waals surface area (Å²) in [5.74, 6) is -0.402. The lowest BCUT2D eigenvalue weighted by atomic mass is 10.1. The van der Waals surface area contributed by atoms with Gasteiger partial charge in [0.05, 0.1) is 18.9 Å². The van der Waals surface area contributed by atoms with Crippen LogP contribution in [-0.2, 0) is 20.9 Å². The van der Waals surface area contributed by atoms with Crippen LogP contribution in [0.15, 0.2) is 4.47 Å². The fraction of sp³-hybridized carbons (Fsp3) is 0.462. The average Bonchev–Trinajstić information content (AvgIpc) is 2.42. The first kappa shape index (κ1) is 16.4. The van der Waals surface area contributed by atoms with E-state index < -0.39 is 5.97 Å². The molecule has 0 N–H and O–H groups in total. The van der Waals surface area contributed by atoms with Gasteiger partial charge in [-0.1, -0.05) is 0 Å². The van der Waals surface area contributed by atoms with Crippen molar-refractivity contribution in [1.29, 1.82) is 5.26 Å². The summed E-state index contributed by atoms with van der Waals surface area (Å²) in [6, 6.07) is 2.02. The minimum atomic E-state index is -0.507. The normalized spacial score (nSPS) is 9.95. The molecule has 1 rings (SSSR count). The van der Waals surface area contributed by atoms with E-state index in [1.807, 2.05) is 6.07 Å². The lowest BCUT2D eigenvalue weighted by Crippen LogP contribution is -2.16. The molecule has 0 saturated heterocycles. The van der Waals surface area contributed by atoms with Gasteiger partial charge in [0.1, 0.15) is 11.6 Å². The van der Waals surface area contributed by atoms with Crippen LogP contribution in [0.4, 0.5) is 0 Å². The molecule has 0 aromatic carbocycles. The molecular formula is C13H15BrN2O4. The van der Waals surface area contributed by atoms with E-state index in [9.17, 15) is 10.1 Å². The van der Waals surface area contributed by atoms with E-state index >= 15 is 0 Å². The van der Waals surface area contributed by atoms with Crippen molar-refractivity contribution in [2.75, 3.05) is 20.3 Å². The van der Waals surface area contributed by atoms with E-state index in [1.54, 1.807) is 13.8 Å². The molecule has 20 heavy (non-hydrogen) atoms. The fourth-order valence-electron chi connectivity index (χ4n) is 1.54. The second-order valence-corrected chi connectivity index (χ2v) is 4.60. The highest BCUT2D eigenvalue weighted by Crippen LogP contribution is 2.29. The second kappa shape index (κ2) is 7.82. The molecule has 0 bridgehead atoms. The van der Waals surface area contributed by atoms with E-state index in [4.69, 9.17) is 14.2 Å². The van der Waals surface area contributed by atoms with Crippen LogP contribution in [0.2, 0.25) is 0 Å². The van der Waals surface area contributed by atoms with Gasteiger partial charge in [0.15, 0.2) is 6.61 Å². The summed E-state index contributed by atoms with van der Waals surface area (Å²) in [5.41, 5.74) is 1.53. The van der Waals surface area contributed by atoms with E-state index in [1.165, 1.54) is 7.11 Å². The molecule has 6 nitrogen and oxygen atoms in total. The van der Waals surface area contributed by atoms with Crippen LogP contribution in [0, 0.1) is 18.3 Å². The number of esters is 1. The number of nitriles is 1. The molecule has 0 fully saturated rings. The zero-order chi connectivity index (χ0) is 15.1. The predicted octanol–water partition coefficient (Wildman–Crippen LogP) is 2.11. The Kier molecular flexibility index (Phi) is 6.42. The van der Waals surface area contributed by atoms with Gasteiger partial charge in [-0.05, 0) is 29.8 Å². The molecule has 0 aliphatic heterocycles. The number of hydrogen-bond donors (Lipinski definition) is 0. The van der Waals surface area contributed by atoms with Gasteiger partial charge in [-0.15, -0.1) is 0 Å². The molecule has 1 aromatic heterocycles. The maximum Gasteiger partial charge on any atom is 0.344 e. The highest BCUT2D eigenvalue weighted by atomic mass is 79.9. The Labute approximate surface area is 125 Å². The first-order chi connectivity index (χ1) is 9.54. The van der Waals surface area contributed by atoms with Crippen molar-refractivity contribution in [3.63, 3.8) is 0 Å². The smallest absolute Gasteiger partial charge is 0.344 e. The maximum atomic E-state index is 11.3. The van der Waals surface area contributed by atoms with Crippen LogP contribution in [0.3, 0.4) is 0 Å². The highest BCUT2D eigenvalue weighted by molar-refractivity contribution is 9.10. The van der Waals surface area contributed by atoms with Gasteiger partial charge >= 0.3 is 5.97 Å². The minimum absolute atomic E-state index is 0.105. The Hall–Kier alpha value is -1.65. The summed E-state index contributed by atoms with van der Waals surface area (Å²) in [6.07, 6.45) is 0. The zero-order valence-corrected chi connectivity index (χ0v) is 13.1. The Morgan fingerprint density at radius 2 is 2.20 bits per heavy atom. The minimum Gasteiger partial charge on any atom is -0.465 e. The van der Waals surface area contributed by atoms with Crippen molar-refractivity contribution in [1.82, 2.24) is 4.98 Å². The fourth-order valence-corrected chi connectivity index (χ4v) is 1.95. The summed E-state index contributed by atoms with van der Waals surface area (Å²) >= 11 is 3.37. The van der Waals surface area contributed by atoms with Crippen molar-refractivity contribution in [2.24, 2.45) is 0 Å². The number of nitrogens with zero attached hydrogens (tertiary/aromatic N) is 2. The van der Waals surface area contributed by atoms with Crippen molar-refractivity contribution in [3.05, 3.63) is 21.3 Å². The van der Waals surface area contributed by atoms with Crippen molar-refractivity contribution in [2.45, 2.75) is 20.5 Å². The van der Waals surface area contributed by atoms with E-state index in [0.29, 0.717) is 15.7 Å². The highest BCUT2D eigenvalue weighted by Gasteiger charge is 2.18. The molecular weight excluding hydrogens is 328 g/mol. The van der Waals surface area contributed by atoms with Crippen LogP contribution in [0.1, 0.15) is 23.7 Å². The van der Waals surface area contributed by atoms with E-state index in [2.05, 4.69) is 20.9 Å². The predicted molar refractivity (Wildman–Crippen MR) is 74.2 cm³/mol. The average molecular weight is 343 g/mol.